The maximum Gasteiger partial charge on any atom is 0.267 e. The molecule has 1 aromatic heterocycles. The van der Waals surface area contributed by atoms with E-state index in [0.29, 0.717) is 16.9 Å². The summed E-state index contributed by atoms with van der Waals surface area (Å²) < 4.78 is 2.17. The van der Waals surface area contributed by atoms with Crippen LogP contribution in [0.1, 0.15) is 18.7 Å². The van der Waals surface area contributed by atoms with Crippen molar-refractivity contribution in [1.29, 1.82) is 0 Å². The number of aromatic nitrogens is 2. The van der Waals surface area contributed by atoms with E-state index in [-0.39, 0.29) is 5.56 Å². The van der Waals surface area contributed by atoms with Gasteiger partial charge in [0.25, 0.3) is 5.56 Å². The Morgan fingerprint density at radius 3 is 2.93 bits per heavy atom. The molecule has 0 bridgehead atoms. The van der Waals surface area contributed by atoms with Crippen molar-refractivity contribution in [2.24, 2.45) is 0 Å². The molecular weight excluding hydrogens is 267 g/mol. The Morgan fingerprint density at radius 1 is 1.57 bits per heavy atom. The van der Waals surface area contributed by atoms with Gasteiger partial charge in [-0.1, -0.05) is 0 Å². The molecule has 0 N–H and O–H groups in total. The molecular formula is C9H12BrClN2O. The average molecular weight is 280 g/mol. The van der Waals surface area contributed by atoms with Crippen LogP contribution in [0.15, 0.2) is 15.5 Å². The van der Waals surface area contributed by atoms with Gasteiger partial charge in [0.1, 0.15) is 10.3 Å². The number of hydrogen-bond donors (Lipinski definition) is 0. The van der Waals surface area contributed by atoms with Crippen LogP contribution in [0, 0.1) is 6.92 Å². The molecule has 1 heterocycles. The van der Waals surface area contributed by atoms with Gasteiger partial charge in [-0.05, 0) is 35.7 Å². The predicted molar refractivity (Wildman–Crippen MR) is 60.9 cm³/mol. The summed E-state index contributed by atoms with van der Waals surface area (Å²) >= 11 is 8.73. The van der Waals surface area contributed by atoms with Crippen molar-refractivity contribution in [2.75, 3.05) is 5.88 Å². The van der Waals surface area contributed by atoms with Crippen molar-refractivity contribution in [3.63, 3.8) is 0 Å². The Morgan fingerprint density at radius 2 is 2.29 bits per heavy atom. The molecule has 78 valence electrons. The fourth-order valence-electron chi connectivity index (χ4n) is 1.18. The average Bonchev–Trinajstić information content (AvgIpc) is 2.18. The lowest BCUT2D eigenvalue weighted by molar-refractivity contribution is 0.584. The molecule has 0 radical (unpaired) electrons. The monoisotopic (exact) mass is 278 g/mol. The van der Waals surface area contributed by atoms with Crippen molar-refractivity contribution >= 4 is 27.5 Å². The molecule has 14 heavy (non-hydrogen) atoms. The van der Waals surface area contributed by atoms with Crippen molar-refractivity contribution in [3.05, 3.63) is 26.8 Å². The summed E-state index contributed by atoms with van der Waals surface area (Å²) in [5.41, 5.74) is -0.0212. The molecule has 1 rings (SSSR count). The van der Waals surface area contributed by atoms with Gasteiger partial charge in [0.15, 0.2) is 0 Å². The summed E-state index contributed by atoms with van der Waals surface area (Å²) in [4.78, 5) is 15.7. The first-order chi connectivity index (χ1) is 6.66. The number of alkyl halides is 1. The molecule has 0 aliphatic carbocycles. The molecule has 3 nitrogen and oxygen atoms in total. The maximum absolute atomic E-state index is 11.6. The highest BCUT2D eigenvalue weighted by Crippen LogP contribution is 2.03. The van der Waals surface area contributed by atoms with Crippen LogP contribution in [-0.2, 0) is 6.54 Å². The second kappa shape index (κ2) is 5.51. The van der Waals surface area contributed by atoms with E-state index in [1.807, 2.05) is 6.92 Å². The fraction of sp³-hybridized carbons (Fsp3) is 0.556. The van der Waals surface area contributed by atoms with Crippen LogP contribution in [0.4, 0.5) is 0 Å². The van der Waals surface area contributed by atoms with Gasteiger partial charge < -0.3 is 0 Å². The minimum Gasteiger partial charge on any atom is -0.296 e. The number of aryl methyl sites for hydroxylation is 1. The summed E-state index contributed by atoms with van der Waals surface area (Å²) in [5.74, 6) is 1.38. The molecule has 0 saturated heterocycles. The Bertz CT molecular complexity index is 364. The van der Waals surface area contributed by atoms with Crippen molar-refractivity contribution < 1.29 is 0 Å². The second-order valence-corrected chi connectivity index (χ2v) is 4.24. The summed E-state index contributed by atoms with van der Waals surface area (Å²) in [6.45, 7) is 2.51. The van der Waals surface area contributed by atoms with Crippen LogP contribution in [-0.4, -0.2) is 15.4 Å². The van der Waals surface area contributed by atoms with Crippen molar-refractivity contribution in [1.82, 2.24) is 9.55 Å². The molecule has 5 heteroatoms. The van der Waals surface area contributed by atoms with Gasteiger partial charge in [-0.3, -0.25) is 9.36 Å². The first-order valence-electron chi connectivity index (χ1n) is 4.44. The molecule has 0 aromatic carbocycles. The zero-order valence-corrected chi connectivity index (χ0v) is 10.3. The number of halogens is 2. The van der Waals surface area contributed by atoms with E-state index < -0.39 is 0 Å². The first kappa shape index (κ1) is 11.7. The van der Waals surface area contributed by atoms with Crippen LogP contribution in [0.5, 0.6) is 0 Å². The van der Waals surface area contributed by atoms with E-state index in [9.17, 15) is 4.79 Å². The van der Waals surface area contributed by atoms with E-state index in [1.165, 1.54) is 6.20 Å². The van der Waals surface area contributed by atoms with Crippen molar-refractivity contribution in [2.45, 2.75) is 26.3 Å². The summed E-state index contributed by atoms with van der Waals surface area (Å²) in [6, 6.07) is 0. The van der Waals surface area contributed by atoms with E-state index >= 15 is 0 Å². The molecule has 0 aliphatic rings. The number of hydrogen-bond acceptors (Lipinski definition) is 2. The van der Waals surface area contributed by atoms with E-state index in [0.717, 1.165) is 18.7 Å². The standard InChI is InChI=1S/C9H12BrClN2O/c1-7-12-6-8(10)9(14)13(7)5-3-2-4-11/h6H,2-5H2,1H3. The molecule has 0 atom stereocenters. The van der Waals surface area contributed by atoms with Gasteiger partial charge in [0, 0.05) is 18.6 Å². The van der Waals surface area contributed by atoms with E-state index in [4.69, 9.17) is 11.6 Å². The SMILES string of the molecule is Cc1ncc(Br)c(=O)n1CCCCCl. The Kier molecular flexibility index (Phi) is 4.62. The van der Waals surface area contributed by atoms with Crippen LogP contribution in [0.25, 0.3) is 0 Å². The molecule has 0 aliphatic heterocycles. The lowest BCUT2D eigenvalue weighted by Gasteiger charge is -2.08. The number of rotatable bonds is 4. The largest absolute Gasteiger partial charge is 0.296 e. The Balaban J connectivity index is 2.84. The topological polar surface area (TPSA) is 34.9 Å². The minimum absolute atomic E-state index is 0.0212. The Hall–Kier alpha value is -0.350. The van der Waals surface area contributed by atoms with Crippen LogP contribution < -0.4 is 5.56 Å². The van der Waals surface area contributed by atoms with Gasteiger partial charge in [0.05, 0.1) is 0 Å². The van der Waals surface area contributed by atoms with Crippen LogP contribution >= 0.6 is 27.5 Å². The van der Waals surface area contributed by atoms with E-state index in [2.05, 4.69) is 20.9 Å². The molecule has 1 aromatic rings. The highest BCUT2D eigenvalue weighted by molar-refractivity contribution is 9.10. The van der Waals surface area contributed by atoms with Crippen LogP contribution in [0.3, 0.4) is 0 Å². The second-order valence-electron chi connectivity index (χ2n) is 3.01. The quantitative estimate of drug-likeness (QED) is 0.626. The minimum atomic E-state index is -0.0212. The predicted octanol–water partition coefficient (Wildman–Crippen LogP) is 2.33. The van der Waals surface area contributed by atoms with Gasteiger partial charge in [0.2, 0.25) is 0 Å². The van der Waals surface area contributed by atoms with Gasteiger partial charge in [-0.25, -0.2) is 4.98 Å². The number of unbranched alkanes of at least 4 members (excludes halogenated alkanes) is 1. The van der Waals surface area contributed by atoms with Gasteiger partial charge >= 0.3 is 0 Å². The molecule has 0 amide bonds. The number of nitrogens with zero attached hydrogens (tertiary/aromatic N) is 2. The smallest absolute Gasteiger partial charge is 0.267 e. The lowest BCUT2D eigenvalue weighted by Crippen LogP contribution is -2.24. The summed E-state index contributed by atoms with van der Waals surface area (Å²) in [7, 11) is 0. The zero-order valence-electron chi connectivity index (χ0n) is 7.96. The molecule has 0 unspecified atom stereocenters. The lowest BCUT2D eigenvalue weighted by atomic mass is 10.3. The van der Waals surface area contributed by atoms with Gasteiger partial charge in [-0.2, -0.15) is 0 Å². The molecule has 0 fully saturated rings. The van der Waals surface area contributed by atoms with Crippen molar-refractivity contribution in [3.8, 4) is 0 Å². The fourth-order valence-corrected chi connectivity index (χ4v) is 1.68. The first-order valence-corrected chi connectivity index (χ1v) is 5.77. The third-order valence-corrected chi connectivity index (χ3v) is 2.78. The molecule has 0 spiro atoms. The van der Waals surface area contributed by atoms with Gasteiger partial charge in [-0.15, -0.1) is 11.6 Å². The molecule has 0 saturated carbocycles. The van der Waals surface area contributed by atoms with Crippen LogP contribution in [0.2, 0.25) is 0 Å². The third-order valence-electron chi connectivity index (χ3n) is 1.97. The Labute approximate surface area is 96.2 Å². The highest BCUT2D eigenvalue weighted by Gasteiger charge is 2.04. The zero-order chi connectivity index (χ0) is 10.6. The van der Waals surface area contributed by atoms with E-state index in [1.54, 1.807) is 4.57 Å². The maximum atomic E-state index is 11.6. The highest BCUT2D eigenvalue weighted by atomic mass is 79.9. The normalized spacial score (nSPS) is 10.5. The summed E-state index contributed by atoms with van der Waals surface area (Å²) in [5, 5.41) is 0. The summed E-state index contributed by atoms with van der Waals surface area (Å²) in [6.07, 6.45) is 3.36. The third kappa shape index (κ3) is 2.82.